The fourth-order valence-corrected chi connectivity index (χ4v) is 2.93. The predicted octanol–water partition coefficient (Wildman–Crippen LogP) is 2.38. The van der Waals surface area contributed by atoms with Crippen molar-refractivity contribution in [3.63, 3.8) is 0 Å². The molecule has 0 bridgehead atoms. The van der Waals surface area contributed by atoms with Gasteiger partial charge in [0, 0.05) is 5.54 Å². The van der Waals surface area contributed by atoms with Crippen molar-refractivity contribution in [2.24, 2.45) is 11.7 Å². The van der Waals surface area contributed by atoms with Gasteiger partial charge in [-0.15, -0.1) is 0 Å². The molecule has 1 rings (SSSR count). The molecule has 1 fully saturated rings. The van der Waals surface area contributed by atoms with Gasteiger partial charge in [0.05, 0.1) is 6.61 Å². The first-order valence-corrected chi connectivity index (χ1v) is 7.69. The lowest BCUT2D eigenvalue weighted by molar-refractivity contribution is 0.188. The van der Waals surface area contributed by atoms with Crippen LogP contribution < -0.4 is 5.73 Å². The van der Waals surface area contributed by atoms with Crippen LogP contribution in [0.25, 0.3) is 0 Å². The topological polar surface area (TPSA) is 49.5 Å². The first-order chi connectivity index (χ1) is 8.57. The molecule has 3 N–H and O–H groups in total. The largest absolute Gasteiger partial charge is 0.394 e. The van der Waals surface area contributed by atoms with E-state index in [-0.39, 0.29) is 6.61 Å². The summed E-state index contributed by atoms with van der Waals surface area (Å²) in [6.45, 7) is 7.97. The van der Waals surface area contributed by atoms with Crippen molar-refractivity contribution in [2.75, 3.05) is 26.2 Å². The van der Waals surface area contributed by atoms with Crippen molar-refractivity contribution in [3.8, 4) is 0 Å². The highest BCUT2D eigenvalue weighted by Gasteiger charge is 2.19. The molecule has 1 aliphatic heterocycles. The second kappa shape index (κ2) is 8.13. The molecule has 2 atom stereocenters. The van der Waals surface area contributed by atoms with Crippen molar-refractivity contribution in [2.45, 2.75) is 64.3 Å². The molecule has 108 valence electrons. The second-order valence-electron chi connectivity index (χ2n) is 6.34. The van der Waals surface area contributed by atoms with Gasteiger partial charge in [-0.2, -0.15) is 0 Å². The lowest BCUT2D eigenvalue weighted by atomic mass is 9.96. The lowest BCUT2D eigenvalue weighted by Gasteiger charge is -2.25. The van der Waals surface area contributed by atoms with Crippen LogP contribution in [-0.2, 0) is 0 Å². The van der Waals surface area contributed by atoms with Crippen LogP contribution in [0.15, 0.2) is 0 Å². The minimum absolute atomic E-state index is 0.0889. The van der Waals surface area contributed by atoms with E-state index in [1.807, 2.05) is 6.92 Å². The van der Waals surface area contributed by atoms with E-state index in [0.717, 1.165) is 25.3 Å². The minimum atomic E-state index is -0.392. The third-order valence-corrected chi connectivity index (χ3v) is 4.22. The fourth-order valence-electron chi connectivity index (χ4n) is 2.93. The Hall–Kier alpha value is -0.120. The normalized spacial score (nSPS) is 25.7. The molecule has 0 aromatic heterocycles. The fraction of sp³-hybridized carbons (Fsp3) is 1.00. The number of hydrogen-bond donors (Lipinski definition) is 2. The molecule has 0 aliphatic carbocycles. The van der Waals surface area contributed by atoms with Gasteiger partial charge in [-0.1, -0.05) is 19.8 Å². The standard InChI is InChI=1S/C15H32N2O/c1-3-6-14-7-4-10-17(12-8-14)11-5-9-15(2,16)13-18/h14,18H,3-13,16H2,1-2H3. The maximum Gasteiger partial charge on any atom is 0.0608 e. The van der Waals surface area contributed by atoms with Crippen LogP contribution >= 0.6 is 0 Å². The third kappa shape index (κ3) is 6.17. The second-order valence-corrected chi connectivity index (χ2v) is 6.34. The zero-order valence-corrected chi connectivity index (χ0v) is 12.3. The number of aliphatic hydroxyl groups is 1. The number of likely N-dealkylation sites (tertiary alicyclic amines) is 1. The summed E-state index contributed by atoms with van der Waals surface area (Å²) in [6.07, 6.45) is 8.88. The van der Waals surface area contributed by atoms with E-state index < -0.39 is 5.54 Å². The van der Waals surface area contributed by atoms with Crippen molar-refractivity contribution >= 4 is 0 Å². The summed E-state index contributed by atoms with van der Waals surface area (Å²) in [6, 6.07) is 0. The quantitative estimate of drug-likeness (QED) is 0.735. The number of aliphatic hydroxyl groups excluding tert-OH is 1. The Kier molecular flexibility index (Phi) is 7.20. The average Bonchev–Trinajstić information content (AvgIpc) is 2.56. The summed E-state index contributed by atoms with van der Waals surface area (Å²) >= 11 is 0. The highest BCUT2D eigenvalue weighted by Crippen LogP contribution is 2.22. The van der Waals surface area contributed by atoms with Gasteiger partial charge in [0.15, 0.2) is 0 Å². The van der Waals surface area contributed by atoms with E-state index in [9.17, 15) is 0 Å². The Morgan fingerprint density at radius 2 is 2.11 bits per heavy atom. The van der Waals surface area contributed by atoms with E-state index in [4.69, 9.17) is 10.8 Å². The van der Waals surface area contributed by atoms with E-state index in [2.05, 4.69) is 11.8 Å². The predicted molar refractivity (Wildman–Crippen MR) is 77.6 cm³/mol. The number of nitrogens with two attached hydrogens (primary N) is 1. The lowest BCUT2D eigenvalue weighted by Crippen LogP contribution is -2.41. The van der Waals surface area contributed by atoms with Crippen molar-refractivity contribution < 1.29 is 5.11 Å². The van der Waals surface area contributed by atoms with Crippen molar-refractivity contribution in [1.29, 1.82) is 0 Å². The molecule has 0 aromatic rings. The molecule has 1 aliphatic rings. The van der Waals surface area contributed by atoms with Crippen LogP contribution in [0.3, 0.4) is 0 Å². The Labute approximate surface area is 113 Å². The number of hydrogen-bond acceptors (Lipinski definition) is 3. The number of nitrogens with zero attached hydrogens (tertiary/aromatic N) is 1. The summed E-state index contributed by atoms with van der Waals surface area (Å²) in [5, 5.41) is 9.13. The zero-order chi connectivity index (χ0) is 13.4. The molecule has 0 radical (unpaired) electrons. The van der Waals surface area contributed by atoms with Gasteiger partial charge in [0.1, 0.15) is 0 Å². The van der Waals surface area contributed by atoms with E-state index in [0.29, 0.717) is 0 Å². The monoisotopic (exact) mass is 256 g/mol. The summed E-state index contributed by atoms with van der Waals surface area (Å²) < 4.78 is 0. The van der Waals surface area contributed by atoms with Crippen LogP contribution in [0.2, 0.25) is 0 Å². The Morgan fingerprint density at radius 3 is 2.78 bits per heavy atom. The Balaban J connectivity index is 2.19. The van der Waals surface area contributed by atoms with Gasteiger partial charge in [-0.3, -0.25) is 0 Å². The van der Waals surface area contributed by atoms with Gasteiger partial charge in [0.2, 0.25) is 0 Å². The molecule has 2 unspecified atom stereocenters. The van der Waals surface area contributed by atoms with Crippen LogP contribution in [0.4, 0.5) is 0 Å². The van der Waals surface area contributed by atoms with Crippen LogP contribution in [0.1, 0.15) is 58.8 Å². The molecule has 0 spiro atoms. The SMILES string of the molecule is CCCC1CCCN(CCCC(C)(N)CO)CC1. The van der Waals surface area contributed by atoms with Gasteiger partial charge >= 0.3 is 0 Å². The molecule has 3 heteroatoms. The summed E-state index contributed by atoms with van der Waals surface area (Å²) in [4.78, 5) is 2.59. The molecule has 3 nitrogen and oxygen atoms in total. The van der Waals surface area contributed by atoms with Gasteiger partial charge in [-0.05, 0) is 64.6 Å². The van der Waals surface area contributed by atoms with Crippen LogP contribution in [0, 0.1) is 5.92 Å². The third-order valence-electron chi connectivity index (χ3n) is 4.22. The molecule has 0 saturated carbocycles. The van der Waals surface area contributed by atoms with E-state index >= 15 is 0 Å². The van der Waals surface area contributed by atoms with Crippen molar-refractivity contribution in [3.05, 3.63) is 0 Å². The maximum atomic E-state index is 9.13. The summed E-state index contributed by atoms with van der Waals surface area (Å²) in [7, 11) is 0. The molecule has 1 saturated heterocycles. The number of rotatable bonds is 7. The molecular weight excluding hydrogens is 224 g/mol. The molecule has 0 amide bonds. The molecule has 0 aromatic carbocycles. The molecular formula is C15H32N2O. The van der Waals surface area contributed by atoms with Crippen molar-refractivity contribution in [1.82, 2.24) is 4.90 Å². The van der Waals surface area contributed by atoms with Crippen LogP contribution in [0.5, 0.6) is 0 Å². The Bertz CT molecular complexity index is 219. The maximum absolute atomic E-state index is 9.13. The van der Waals surface area contributed by atoms with Crippen LogP contribution in [-0.4, -0.2) is 41.8 Å². The highest BCUT2D eigenvalue weighted by molar-refractivity contribution is 4.78. The van der Waals surface area contributed by atoms with E-state index in [1.165, 1.54) is 45.2 Å². The van der Waals surface area contributed by atoms with E-state index in [1.54, 1.807) is 0 Å². The summed E-state index contributed by atoms with van der Waals surface area (Å²) in [5.74, 6) is 0.956. The first kappa shape index (κ1) is 15.9. The summed E-state index contributed by atoms with van der Waals surface area (Å²) in [5.41, 5.74) is 5.56. The Morgan fingerprint density at radius 1 is 1.33 bits per heavy atom. The van der Waals surface area contributed by atoms with Gasteiger partial charge in [0.25, 0.3) is 0 Å². The minimum Gasteiger partial charge on any atom is -0.394 e. The molecule has 18 heavy (non-hydrogen) atoms. The first-order valence-electron chi connectivity index (χ1n) is 7.69. The zero-order valence-electron chi connectivity index (χ0n) is 12.3. The van der Waals surface area contributed by atoms with Gasteiger partial charge in [-0.25, -0.2) is 0 Å². The highest BCUT2D eigenvalue weighted by atomic mass is 16.3. The smallest absolute Gasteiger partial charge is 0.0608 e. The average molecular weight is 256 g/mol. The molecule has 1 heterocycles. The van der Waals surface area contributed by atoms with Gasteiger partial charge < -0.3 is 15.7 Å².